The number of hydrogen-bond donors (Lipinski definition) is 1. The molecule has 0 radical (unpaired) electrons. The van der Waals surface area contributed by atoms with E-state index in [-0.39, 0.29) is 39.6 Å². The van der Waals surface area contributed by atoms with Crippen LogP contribution < -0.4 is 4.74 Å². The van der Waals surface area contributed by atoms with Gasteiger partial charge in [0.1, 0.15) is 17.8 Å². The largest absolute Gasteiger partial charge is 0.417 e. The number of nitrogens with zero attached hydrogens (tertiary/aromatic N) is 7. The molecule has 0 aliphatic carbocycles. The Morgan fingerprint density at radius 1 is 1.18 bits per heavy atom. The maximum absolute atomic E-state index is 15.3. The Kier molecular flexibility index (Phi) is 6.25. The van der Waals surface area contributed by atoms with E-state index in [1.54, 1.807) is 11.0 Å². The molecule has 6 rings (SSSR count). The zero-order chi connectivity index (χ0) is 27.3. The van der Waals surface area contributed by atoms with Crippen molar-refractivity contribution in [1.29, 1.82) is 0 Å². The van der Waals surface area contributed by atoms with Gasteiger partial charge in [0.05, 0.1) is 16.8 Å². The molecule has 15 heteroatoms. The molecule has 1 aromatic carbocycles. The fourth-order valence-electron chi connectivity index (χ4n) is 5.14. The molecule has 0 spiro atoms. The standard InChI is InChI=1S/C24H17ClF4N8O2/c25-14-2-4-15(36-10-31-34-35-36)19(20(14)26)12-7-13-1-3-16(37(13)18(38)9-12)23-32-21(22(27)33-23)11-5-6-30-17(8-11)39-24(28)29/h2,4-6,8-10,13,16,24H,1,3,7H2,(H,32,33)/t13?,16-/m0/s1. The van der Waals surface area contributed by atoms with Crippen molar-refractivity contribution < 1.29 is 27.1 Å². The Hall–Kier alpha value is -4.33. The van der Waals surface area contributed by atoms with Crippen molar-refractivity contribution in [3.8, 4) is 22.8 Å². The Balaban J connectivity index is 1.31. The van der Waals surface area contributed by atoms with Crippen molar-refractivity contribution in [2.75, 3.05) is 0 Å². The zero-order valence-corrected chi connectivity index (χ0v) is 20.5. The smallest absolute Gasteiger partial charge is 0.388 e. The van der Waals surface area contributed by atoms with Crippen LogP contribution in [0.3, 0.4) is 0 Å². The first-order chi connectivity index (χ1) is 18.8. The number of alkyl halides is 2. The SMILES string of the molecule is O=C1C=C(c2c(-n3cnnn3)ccc(Cl)c2F)CC2CC[C@@H](c3nc(-c4ccnc(OC(F)F)c4)c(F)[nH]3)N12. The number of fused-ring (bicyclic) bond motifs is 1. The van der Waals surface area contributed by atoms with Crippen LogP contribution in [-0.2, 0) is 4.79 Å². The van der Waals surface area contributed by atoms with Crippen molar-refractivity contribution in [1.82, 2.24) is 40.1 Å². The molecule has 0 bridgehead atoms. The van der Waals surface area contributed by atoms with Crippen LogP contribution in [0.2, 0.25) is 5.02 Å². The van der Waals surface area contributed by atoms with E-state index in [9.17, 15) is 18.0 Å². The minimum Gasteiger partial charge on any atom is -0.417 e. The van der Waals surface area contributed by atoms with E-state index < -0.39 is 30.3 Å². The van der Waals surface area contributed by atoms with Gasteiger partial charge < -0.3 is 14.6 Å². The summed E-state index contributed by atoms with van der Waals surface area (Å²) in [6, 6.07) is 4.61. The number of ether oxygens (including phenoxy) is 1. The third-order valence-corrected chi connectivity index (χ3v) is 7.00. The summed E-state index contributed by atoms with van der Waals surface area (Å²) in [7, 11) is 0. The molecule has 1 saturated heterocycles. The average molecular weight is 561 g/mol. The summed E-state index contributed by atoms with van der Waals surface area (Å²) in [4.78, 5) is 25.5. The Labute approximate surface area is 222 Å². The quantitative estimate of drug-likeness (QED) is 0.345. The summed E-state index contributed by atoms with van der Waals surface area (Å²) >= 11 is 6.06. The predicted octanol–water partition coefficient (Wildman–Crippen LogP) is 4.50. The van der Waals surface area contributed by atoms with Crippen LogP contribution in [0, 0.1) is 11.8 Å². The number of benzene rings is 1. The molecule has 1 fully saturated rings. The predicted molar refractivity (Wildman–Crippen MR) is 128 cm³/mol. The fourth-order valence-corrected chi connectivity index (χ4v) is 5.29. The number of aromatic nitrogens is 7. The molecule has 3 aromatic heterocycles. The highest BCUT2D eigenvalue weighted by atomic mass is 35.5. The van der Waals surface area contributed by atoms with E-state index in [0.717, 1.165) is 6.07 Å². The average Bonchev–Trinajstić information content (AvgIpc) is 3.65. The summed E-state index contributed by atoms with van der Waals surface area (Å²) < 4.78 is 60.9. The molecule has 0 saturated carbocycles. The van der Waals surface area contributed by atoms with Gasteiger partial charge in [0, 0.05) is 35.5 Å². The summed E-state index contributed by atoms with van der Waals surface area (Å²) in [6.45, 7) is -3.09. The number of amides is 1. The number of carbonyl (C=O) groups excluding carboxylic acids is 1. The number of aromatic amines is 1. The molecule has 2 aliphatic heterocycles. The van der Waals surface area contributed by atoms with Gasteiger partial charge in [0.15, 0.2) is 5.82 Å². The van der Waals surface area contributed by atoms with Crippen molar-refractivity contribution in [2.24, 2.45) is 0 Å². The van der Waals surface area contributed by atoms with Gasteiger partial charge in [-0.3, -0.25) is 4.79 Å². The van der Waals surface area contributed by atoms with E-state index in [2.05, 4.69) is 35.2 Å². The summed E-state index contributed by atoms with van der Waals surface area (Å²) in [6.07, 6.45) is 5.17. The molecular formula is C24H17ClF4N8O2. The van der Waals surface area contributed by atoms with Crippen molar-refractivity contribution in [3.63, 3.8) is 0 Å². The lowest BCUT2D eigenvalue weighted by Gasteiger charge is -2.33. The monoisotopic (exact) mass is 560 g/mol. The second-order valence-corrected chi connectivity index (χ2v) is 9.33. The van der Waals surface area contributed by atoms with E-state index in [1.165, 1.54) is 35.4 Å². The number of pyridine rings is 1. The Morgan fingerprint density at radius 2 is 2.03 bits per heavy atom. The van der Waals surface area contributed by atoms with Crippen LogP contribution >= 0.6 is 11.6 Å². The van der Waals surface area contributed by atoms with Crippen LogP contribution in [-0.4, -0.2) is 58.6 Å². The molecule has 2 atom stereocenters. The highest BCUT2D eigenvalue weighted by Gasteiger charge is 2.42. The summed E-state index contributed by atoms with van der Waals surface area (Å²) in [5, 5.41) is 10.9. The number of nitrogens with one attached hydrogen (secondary N) is 1. The van der Waals surface area contributed by atoms with Crippen molar-refractivity contribution >= 4 is 23.1 Å². The van der Waals surface area contributed by atoms with Crippen molar-refractivity contribution in [3.05, 3.63) is 71.0 Å². The Bertz CT molecular complexity index is 1590. The number of tetrazole rings is 1. The lowest BCUT2D eigenvalue weighted by Crippen LogP contribution is -2.39. The van der Waals surface area contributed by atoms with Crippen LogP contribution in [0.25, 0.3) is 22.5 Å². The fraction of sp³-hybridized carbons (Fsp3) is 0.250. The van der Waals surface area contributed by atoms with Crippen LogP contribution in [0.15, 0.2) is 42.9 Å². The first-order valence-electron chi connectivity index (χ1n) is 11.7. The molecule has 1 unspecified atom stereocenters. The Morgan fingerprint density at radius 3 is 2.79 bits per heavy atom. The van der Waals surface area contributed by atoms with Gasteiger partial charge in [0.25, 0.3) is 0 Å². The van der Waals surface area contributed by atoms with E-state index in [0.29, 0.717) is 30.5 Å². The van der Waals surface area contributed by atoms with Gasteiger partial charge in [0.2, 0.25) is 17.7 Å². The third kappa shape index (κ3) is 4.50. The molecule has 5 heterocycles. The zero-order valence-electron chi connectivity index (χ0n) is 19.7. The van der Waals surface area contributed by atoms with Gasteiger partial charge in [-0.15, -0.1) is 5.10 Å². The van der Waals surface area contributed by atoms with Gasteiger partial charge in [-0.2, -0.15) is 17.9 Å². The number of halogens is 5. The van der Waals surface area contributed by atoms with E-state index in [1.807, 2.05) is 0 Å². The van der Waals surface area contributed by atoms with Crippen molar-refractivity contribution in [2.45, 2.75) is 38.0 Å². The maximum atomic E-state index is 15.3. The first-order valence-corrected chi connectivity index (χ1v) is 12.1. The van der Waals surface area contributed by atoms with Crippen LogP contribution in [0.1, 0.15) is 36.7 Å². The van der Waals surface area contributed by atoms with Gasteiger partial charge in [-0.1, -0.05) is 11.6 Å². The lowest BCUT2D eigenvalue weighted by atomic mass is 9.92. The number of hydrogen-bond acceptors (Lipinski definition) is 7. The molecule has 1 N–H and O–H groups in total. The second kappa shape index (κ2) is 9.76. The third-order valence-electron chi connectivity index (χ3n) is 6.71. The van der Waals surface area contributed by atoms with Gasteiger partial charge >= 0.3 is 6.61 Å². The molecule has 1 amide bonds. The minimum atomic E-state index is -3.09. The molecule has 200 valence electrons. The lowest BCUT2D eigenvalue weighted by molar-refractivity contribution is -0.129. The summed E-state index contributed by atoms with van der Waals surface area (Å²) in [5.74, 6) is -2.08. The van der Waals surface area contributed by atoms with E-state index >= 15 is 4.39 Å². The number of rotatable bonds is 6. The summed E-state index contributed by atoms with van der Waals surface area (Å²) in [5.41, 5.74) is 0.935. The topological polar surface area (TPSA) is 115 Å². The highest BCUT2D eigenvalue weighted by Crippen LogP contribution is 2.44. The second-order valence-electron chi connectivity index (χ2n) is 8.92. The molecule has 39 heavy (non-hydrogen) atoms. The minimum absolute atomic E-state index is 0.112. The molecule has 2 aliphatic rings. The number of carbonyl (C=O) groups is 1. The van der Waals surface area contributed by atoms with Crippen LogP contribution in [0.4, 0.5) is 17.6 Å². The van der Waals surface area contributed by atoms with E-state index in [4.69, 9.17) is 11.6 Å². The van der Waals surface area contributed by atoms with Gasteiger partial charge in [-0.25, -0.2) is 14.4 Å². The van der Waals surface area contributed by atoms with Gasteiger partial charge in [-0.05, 0) is 53.5 Å². The normalized spacial score (nSPS) is 19.0. The molecular weight excluding hydrogens is 544 g/mol. The number of H-pyrrole nitrogens is 1. The molecule has 4 aromatic rings. The van der Waals surface area contributed by atoms with Crippen LogP contribution in [0.5, 0.6) is 5.88 Å². The first kappa shape index (κ1) is 25.0. The highest BCUT2D eigenvalue weighted by molar-refractivity contribution is 6.31. The number of imidazole rings is 1. The maximum Gasteiger partial charge on any atom is 0.388 e. The molecule has 10 nitrogen and oxygen atoms in total.